The Morgan fingerprint density at radius 2 is 1.65 bits per heavy atom. The van der Waals surface area contributed by atoms with Gasteiger partial charge in [0.1, 0.15) is 0 Å². The molecular formula is C26H22N2O3. The zero-order chi connectivity index (χ0) is 21.4. The largest absolute Gasteiger partial charge is 0.481 e. The molecule has 1 fully saturated rings. The van der Waals surface area contributed by atoms with Crippen molar-refractivity contribution in [2.75, 3.05) is 0 Å². The van der Waals surface area contributed by atoms with E-state index < -0.39 is 11.4 Å². The van der Waals surface area contributed by atoms with Gasteiger partial charge >= 0.3 is 5.97 Å². The van der Waals surface area contributed by atoms with Crippen molar-refractivity contribution >= 4 is 5.97 Å². The molecule has 31 heavy (non-hydrogen) atoms. The minimum Gasteiger partial charge on any atom is -0.481 e. The zero-order valence-corrected chi connectivity index (χ0v) is 17.2. The molecule has 0 aliphatic heterocycles. The van der Waals surface area contributed by atoms with Crippen LogP contribution in [-0.4, -0.2) is 21.2 Å². The Morgan fingerprint density at radius 1 is 1.00 bits per heavy atom. The molecule has 0 amide bonds. The molecule has 0 spiro atoms. The number of aryl methyl sites for hydroxylation is 1. The van der Waals surface area contributed by atoms with Crippen molar-refractivity contribution in [1.82, 2.24) is 10.1 Å². The molecule has 5 heteroatoms. The lowest BCUT2D eigenvalue weighted by molar-refractivity contribution is -0.140. The highest BCUT2D eigenvalue weighted by atomic mass is 16.5. The van der Waals surface area contributed by atoms with Crippen LogP contribution in [0, 0.1) is 6.92 Å². The zero-order valence-electron chi connectivity index (χ0n) is 17.2. The first-order chi connectivity index (χ1) is 15.1. The SMILES string of the molecule is Cc1noc(-c2ccc(-c3ccc(C4(C(=O)O)CC4)cc3)cc2)c1Cc1cccnc1. The Kier molecular flexibility index (Phi) is 4.66. The van der Waals surface area contributed by atoms with Gasteiger partial charge in [0.05, 0.1) is 11.1 Å². The summed E-state index contributed by atoms with van der Waals surface area (Å²) in [6.07, 6.45) is 5.77. The van der Waals surface area contributed by atoms with E-state index in [2.05, 4.69) is 22.3 Å². The second-order valence-corrected chi connectivity index (χ2v) is 8.16. The molecule has 0 bridgehead atoms. The molecule has 0 radical (unpaired) electrons. The molecule has 0 saturated heterocycles. The highest BCUT2D eigenvalue weighted by Gasteiger charge is 2.51. The maximum absolute atomic E-state index is 11.5. The summed E-state index contributed by atoms with van der Waals surface area (Å²) in [5.74, 6) is 0.0504. The summed E-state index contributed by atoms with van der Waals surface area (Å²) in [5, 5.41) is 13.7. The highest BCUT2D eigenvalue weighted by molar-refractivity contribution is 5.85. The molecule has 2 aromatic heterocycles. The predicted molar refractivity (Wildman–Crippen MR) is 118 cm³/mol. The van der Waals surface area contributed by atoms with Crippen LogP contribution in [0.3, 0.4) is 0 Å². The van der Waals surface area contributed by atoms with E-state index >= 15 is 0 Å². The summed E-state index contributed by atoms with van der Waals surface area (Å²) in [7, 11) is 0. The molecule has 0 unspecified atom stereocenters. The van der Waals surface area contributed by atoms with Gasteiger partial charge in [-0.2, -0.15) is 0 Å². The molecule has 1 aliphatic rings. The number of hydrogen-bond donors (Lipinski definition) is 1. The standard InChI is InChI=1S/C26H22N2O3/c1-17-23(15-18-3-2-14-27-16-18)24(31-28-17)21-6-4-19(5-7-21)20-8-10-22(11-9-20)26(12-13-26)25(29)30/h2-11,14,16H,12-13,15H2,1H3,(H,29,30). The fourth-order valence-electron chi connectivity index (χ4n) is 4.08. The second kappa shape index (κ2) is 7.51. The predicted octanol–water partition coefficient (Wildman–Crippen LogP) is 5.42. The smallest absolute Gasteiger partial charge is 0.314 e. The van der Waals surface area contributed by atoms with E-state index in [0.29, 0.717) is 19.3 Å². The average molecular weight is 410 g/mol. The van der Waals surface area contributed by atoms with E-state index in [-0.39, 0.29) is 0 Å². The van der Waals surface area contributed by atoms with Crippen molar-refractivity contribution in [3.05, 3.63) is 95.4 Å². The number of hydrogen-bond acceptors (Lipinski definition) is 4. The number of carbonyl (C=O) groups is 1. The van der Waals surface area contributed by atoms with Crippen molar-refractivity contribution in [1.29, 1.82) is 0 Å². The molecular weight excluding hydrogens is 388 g/mol. The number of nitrogens with zero attached hydrogens (tertiary/aromatic N) is 2. The maximum atomic E-state index is 11.5. The summed E-state index contributed by atoms with van der Waals surface area (Å²) in [5.41, 5.74) is 6.37. The molecule has 1 saturated carbocycles. The number of rotatable bonds is 6. The van der Waals surface area contributed by atoms with Crippen LogP contribution in [0.1, 0.15) is 35.2 Å². The average Bonchev–Trinajstić information content (AvgIpc) is 3.55. The van der Waals surface area contributed by atoms with Crippen LogP contribution in [0.4, 0.5) is 0 Å². The second-order valence-electron chi connectivity index (χ2n) is 8.16. The van der Waals surface area contributed by atoms with Gasteiger partial charge in [-0.05, 0) is 48.1 Å². The summed E-state index contributed by atoms with van der Waals surface area (Å²) < 4.78 is 5.66. The van der Waals surface area contributed by atoms with Crippen LogP contribution >= 0.6 is 0 Å². The monoisotopic (exact) mass is 410 g/mol. The Hall–Kier alpha value is -3.73. The minimum absolute atomic E-state index is 0.669. The number of carboxylic acids is 1. The number of aromatic nitrogens is 2. The molecule has 2 heterocycles. The molecule has 0 atom stereocenters. The molecule has 4 aromatic rings. The van der Waals surface area contributed by atoms with Crippen molar-refractivity contribution in [2.45, 2.75) is 31.6 Å². The highest BCUT2D eigenvalue weighted by Crippen LogP contribution is 2.48. The fraction of sp³-hybridized carbons (Fsp3) is 0.192. The lowest BCUT2D eigenvalue weighted by Gasteiger charge is -2.11. The van der Waals surface area contributed by atoms with Crippen LogP contribution in [0.15, 0.2) is 77.6 Å². The van der Waals surface area contributed by atoms with Crippen molar-refractivity contribution in [2.24, 2.45) is 0 Å². The van der Waals surface area contributed by atoms with Crippen LogP contribution in [0.5, 0.6) is 0 Å². The van der Waals surface area contributed by atoms with E-state index in [0.717, 1.165) is 44.8 Å². The first-order valence-corrected chi connectivity index (χ1v) is 10.4. The number of pyridine rings is 1. The lowest BCUT2D eigenvalue weighted by Crippen LogP contribution is -2.19. The van der Waals surface area contributed by atoms with Gasteiger partial charge in [0.25, 0.3) is 0 Å². The van der Waals surface area contributed by atoms with Gasteiger partial charge in [0.15, 0.2) is 5.76 Å². The Bertz CT molecular complexity index is 1220. The number of benzene rings is 2. The third-order valence-corrected chi connectivity index (χ3v) is 6.17. The Balaban J connectivity index is 1.39. The van der Waals surface area contributed by atoms with Crippen LogP contribution < -0.4 is 0 Å². The molecule has 5 nitrogen and oxygen atoms in total. The molecule has 5 rings (SSSR count). The first kappa shape index (κ1) is 19.2. The van der Waals surface area contributed by atoms with E-state index in [4.69, 9.17) is 4.52 Å². The molecule has 154 valence electrons. The first-order valence-electron chi connectivity index (χ1n) is 10.4. The Labute approximate surface area is 180 Å². The quantitative estimate of drug-likeness (QED) is 0.459. The summed E-state index contributed by atoms with van der Waals surface area (Å²) in [6.45, 7) is 1.96. The van der Waals surface area contributed by atoms with Gasteiger partial charge in [-0.15, -0.1) is 0 Å². The number of carboxylic acid groups (broad SMARTS) is 1. The van der Waals surface area contributed by atoms with Gasteiger partial charge in [0, 0.05) is 29.9 Å². The summed E-state index contributed by atoms with van der Waals surface area (Å²) >= 11 is 0. The lowest BCUT2D eigenvalue weighted by atomic mass is 9.93. The van der Waals surface area contributed by atoms with E-state index in [9.17, 15) is 9.90 Å². The third kappa shape index (κ3) is 3.52. The van der Waals surface area contributed by atoms with Gasteiger partial charge < -0.3 is 9.63 Å². The molecule has 1 N–H and O–H groups in total. The van der Waals surface area contributed by atoms with Gasteiger partial charge in [-0.1, -0.05) is 59.8 Å². The van der Waals surface area contributed by atoms with E-state index in [1.807, 2.05) is 61.7 Å². The summed E-state index contributed by atoms with van der Waals surface area (Å²) in [4.78, 5) is 15.7. The van der Waals surface area contributed by atoms with Gasteiger partial charge in [-0.3, -0.25) is 9.78 Å². The van der Waals surface area contributed by atoms with Crippen molar-refractivity contribution < 1.29 is 14.4 Å². The van der Waals surface area contributed by atoms with Crippen LogP contribution in [-0.2, 0) is 16.6 Å². The summed E-state index contributed by atoms with van der Waals surface area (Å²) in [6, 6.07) is 20.0. The topological polar surface area (TPSA) is 76.2 Å². The number of aliphatic carboxylic acids is 1. The Morgan fingerprint density at radius 3 is 2.23 bits per heavy atom. The van der Waals surface area contributed by atoms with Crippen molar-refractivity contribution in [3.8, 4) is 22.5 Å². The third-order valence-electron chi connectivity index (χ3n) is 6.17. The van der Waals surface area contributed by atoms with Gasteiger partial charge in [0.2, 0.25) is 0 Å². The van der Waals surface area contributed by atoms with Crippen LogP contribution in [0.25, 0.3) is 22.5 Å². The van der Waals surface area contributed by atoms with Crippen molar-refractivity contribution in [3.63, 3.8) is 0 Å². The molecule has 1 aliphatic carbocycles. The van der Waals surface area contributed by atoms with Gasteiger partial charge in [-0.25, -0.2) is 0 Å². The van der Waals surface area contributed by atoms with Crippen LogP contribution in [0.2, 0.25) is 0 Å². The molecule has 2 aromatic carbocycles. The normalized spacial score (nSPS) is 14.4. The van der Waals surface area contributed by atoms with E-state index in [1.165, 1.54) is 0 Å². The fourth-order valence-corrected chi connectivity index (χ4v) is 4.08. The maximum Gasteiger partial charge on any atom is 0.314 e. The van der Waals surface area contributed by atoms with E-state index in [1.54, 1.807) is 6.20 Å². The minimum atomic E-state index is -0.728.